The molecule has 2 rings (SSSR count). The number of hydrogen-bond acceptors (Lipinski definition) is 5. The van der Waals surface area contributed by atoms with E-state index < -0.39 is 4.92 Å². The summed E-state index contributed by atoms with van der Waals surface area (Å²) in [5.74, 6) is 0.416. The maximum Gasteiger partial charge on any atom is 0.269 e. The topological polar surface area (TPSA) is 109 Å². The van der Waals surface area contributed by atoms with E-state index in [0.29, 0.717) is 18.0 Å². The highest BCUT2D eigenvalue weighted by Gasteiger charge is 2.06. The third kappa shape index (κ3) is 5.40. The molecule has 0 atom stereocenters. The van der Waals surface area contributed by atoms with Crippen molar-refractivity contribution >= 4 is 34.6 Å². The predicted octanol–water partition coefficient (Wildman–Crippen LogP) is 1.79. The molecule has 3 N–H and O–H groups in total. The number of amides is 1. The van der Waals surface area contributed by atoms with Crippen LogP contribution in [0.4, 0.5) is 11.4 Å². The van der Waals surface area contributed by atoms with E-state index in [1.807, 2.05) is 0 Å². The van der Waals surface area contributed by atoms with Crippen LogP contribution in [-0.4, -0.2) is 22.5 Å². The second-order valence-corrected chi connectivity index (χ2v) is 4.88. The fourth-order valence-electron chi connectivity index (χ4n) is 1.66. The number of anilines is 1. The number of furan rings is 1. The first-order valence-corrected chi connectivity index (χ1v) is 7.04. The van der Waals surface area contributed by atoms with Crippen LogP contribution in [0, 0.1) is 10.1 Å². The minimum absolute atomic E-state index is 0.000473. The van der Waals surface area contributed by atoms with Crippen molar-refractivity contribution in [2.45, 2.75) is 6.54 Å². The predicted molar refractivity (Wildman–Crippen MR) is 87.9 cm³/mol. The number of non-ortho nitro benzene ring substituents is 1. The van der Waals surface area contributed by atoms with E-state index in [2.05, 4.69) is 16.0 Å². The first-order chi connectivity index (χ1) is 11.0. The van der Waals surface area contributed by atoms with Gasteiger partial charge in [0.05, 0.1) is 24.3 Å². The number of rotatable bonds is 6. The zero-order valence-electron chi connectivity index (χ0n) is 11.9. The largest absolute Gasteiger partial charge is 0.467 e. The van der Waals surface area contributed by atoms with Crippen molar-refractivity contribution in [1.29, 1.82) is 0 Å². The van der Waals surface area contributed by atoms with Crippen LogP contribution in [-0.2, 0) is 11.3 Å². The quantitative estimate of drug-likeness (QED) is 0.420. The Labute approximate surface area is 137 Å². The highest BCUT2D eigenvalue weighted by Crippen LogP contribution is 2.15. The van der Waals surface area contributed by atoms with E-state index in [4.69, 9.17) is 16.6 Å². The van der Waals surface area contributed by atoms with E-state index >= 15 is 0 Å². The monoisotopic (exact) mass is 334 g/mol. The van der Waals surface area contributed by atoms with Crippen LogP contribution in [0.15, 0.2) is 47.1 Å². The highest BCUT2D eigenvalue weighted by atomic mass is 32.1. The molecule has 120 valence electrons. The number of nitrogens with one attached hydrogen (secondary N) is 3. The fraction of sp³-hybridized carbons (Fsp3) is 0.143. The Morgan fingerprint density at radius 2 is 1.96 bits per heavy atom. The highest BCUT2D eigenvalue weighted by molar-refractivity contribution is 7.80. The van der Waals surface area contributed by atoms with E-state index in [9.17, 15) is 14.9 Å². The van der Waals surface area contributed by atoms with Gasteiger partial charge in [0, 0.05) is 17.8 Å². The van der Waals surface area contributed by atoms with Crippen molar-refractivity contribution in [3.63, 3.8) is 0 Å². The average Bonchev–Trinajstić information content (AvgIpc) is 3.05. The number of thiocarbonyl (C=S) groups is 1. The lowest BCUT2D eigenvalue weighted by Crippen LogP contribution is -2.38. The molecule has 0 bridgehead atoms. The normalized spacial score (nSPS) is 9.91. The molecule has 0 unspecified atom stereocenters. The van der Waals surface area contributed by atoms with Crippen molar-refractivity contribution in [2.75, 3.05) is 11.9 Å². The Bertz CT molecular complexity index is 685. The van der Waals surface area contributed by atoms with Gasteiger partial charge in [-0.25, -0.2) is 0 Å². The summed E-state index contributed by atoms with van der Waals surface area (Å²) in [6.07, 6.45) is 1.53. The summed E-state index contributed by atoms with van der Waals surface area (Å²) >= 11 is 5.05. The van der Waals surface area contributed by atoms with Gasteiger partial charge in [0.2, 0.25) is 5.91 Å². The van der Waals surface area contributed by atoms with Crippen LogP contribution >= 0.6 is 12.2 Å². The molecule has 0 aliphatic heterocycles. The molecule has 1 amide bonds. The Morgan fingerprint density at radius 1 is 1.22 bits per heavy atom. The average molecular weight is 334 g/mol. The Balaban J connectivity index is 1.71. The summed E-state index contributed by atoms with van der Waals surface area (Å²) in [5.41, 5.74) is 0.579. The molecule has 1 aromatic heterocycles. The summed E-state index contributed by atoms with van der Waals surface area (Å²) in [7, 11) is 0. The van der Waals surface area contributed by atoms with Gasteiger partial charge >= 0.3 is 0 Å². The second-order valence-electron chi connectivity index (χ2n) is 4.47. The van der Waals surface area contributed by atoms with Gasteiger partial charge in [-0.3, -0.25) is 14.9 Å². The number of hydrogen-bond donors (Lipinski definition) is 3. The molecule has 0 saturated heterocycles. The SMILES string of the molecule is O=C(CNC(=S)Nc1ccc([N+](=O)[O-])cc1)NCc1ccco1. The van der Waals surface area contributed by atoms with Gasteiger partial charge in [-0.15, -0.1) is 0 Å². The van der Waals surface area contributed by atoms with E-state index in [1.165, 1.54) is 30.5 Å². The zero-order valence-corrected chi connectivity index (χ0v) is 12.8. The molecule has 1 heterocycles. The fourth-order valence-corrected chi connectivity index (χ4v) is 1.85. The van der Waals surface area contributed by atoms with E-state index in [1.54, 1.807) is 12.1 Å². The lowest BCUT2D eigenvalue weighted by atomic mass is 10.3. The second kappa shape index (κ2) is 7.90. The van der Waals surface area contributed by atoms with Crippen molar-refractivity contribution < 1.29 is 14.1 Å². The minimum Gasteiger partial charge on any atom is -0.467 e. The van der Waals surface area contributed by atoms with Gasteiger partial charge in [-0.05, 0) is 36.5 Å². The molecule has 0 spiro atoms. The molecule has 0 saturated carbocycles. The Kier molecular flexibility index (Phi) is 5.64. The number of carbonyl (C=O) groups excluding carboxylic acids is 1. The first kappa shape index (κ1) is 16.4. The zero-order chi connectivity index (χ0) is 16.7. The van der Waals surface area contributed by atoms with Crippen LogP contribution in [0.3, 0.4) is 0 Å². The van der Waals surface area contributed by atoms with Crippen molar-refractivity contribution in [2.24, 2.45) is 0 Å². The molecule has 23 heavy (non-hydrogen) atoms. The van der Waals surface area contributed by atoms with Gasteiger partial charge in [-0.2, -0.15) is 0 Å². The number of nitro benzene ring substituents is 1. The third-order valence-corrected chi connectivity index (χ3v) is 3.03. The molecule has 8 nitrogen and oxygen atoms in total. The lowest BCUT2D eigenvalue weighted by molar-refractivity contribution is -0.384. The lowest BCUT2D eigenvalue weighted by Gasteiger charge is -2.10. The molecule has 0 aliphatic carbocycles. The van der Waals surface area contributed by atoms with Gasteiger partial charge in [0.15, 0.2) is 5.11 Å². The van der Waals surface area contributed by atoms with Crippen LogP contribution in [0.5, 0.6) is 0 Å². The summed E-state index contributed by atoms with van der Waals surface area (Å²) in [6.45, 7) is 0.301. The summed E-state index contributed by atoms with van der Waals surface area (Å²) in [4.78, 5) is 21.7. The van der Waals surface area contributed by atoms with Crippen molar-refractivity contribution in [3.05, 3.63) is 58.5 Å². The van der Waals surface area contributed by atoms with Crippen molar-refractivity contribution in [1.82, 2.24) is 10.6 Å². The molecule has 2 aromatic rings. The smallest absolute Gasteiger partial charge is 0.269 e. The van der Waals surface area contributed by atoms with E-state index in [0.717, 1.165) is 0 Å². The van der Waals surface area contributed by atoms with E-state index in [-0.39, 0.29) is 23.3 Å². The molecule has 0 radical (unpaired) electrons. The van der Waals surface area contributed by atoms with Crippen LogP contribution < -0.4 is 16.0 Å². The number of nitrogens with zero attached hydrogens (tertiary/aromatic N) is 1. The van der Waals surface area contributed by atoms with Crippen LogP contribution in [0.1, 0.15) is 5.76 Å². The van der Waals surface area contributed by atoms with Gasteiger partial charge < -0.3 is 20.4 Å². The number of benzene rings is 1. The molecule has 0 fully saturated rings. The van der Waals surface area contributed by atoms with Gasteiger partial charge in [0.1, 0.15) is 5.76 Å². The molecule has 1 aromatic carbocycles. The molecular formula is C14H14N4O4S. The van der Waals surface area contributed by atoms with Gasteiger partial charge in [0.25, 0.3) is 5.69 Å². The summed E-state index contributed by atoms with van der Waals surface area (Å²) in [6, 6.07) is 9.28. The number of nitro groups is 1. The Morgan fingerprint density at radius 3 is 2.57 bits per heavy atom. The third-order valence-electron chi connectivity index (χ3n) is 2.79. The van der Waals surface area contributed by atoms with Crippen LogP contribution in [0.25, 0.3) is 0 Å². The molecule has 9 heteroatoms. The summed E-state index contributed by atoms with van der Waals surface area (Å²) < 4.78 is 5.09. The maximum atomic E-state index is 11.6. The molecule has 0 aliphatic rings. The van der Waals surface area contributed by atoms with Gasteiger partial charge in [-0.1, -0.05) is 0 Å². The van der Waals surface area contributed by atoms with Crippen LogP contribution in [0.2, 0.25) is 0 Å². The van der Waals surface area contributed by atoms with Crippen molar-refractivity contribution in [3.8, 4) is 0 Å². The first-order valence-electron chi connectivity index (χ1n) is 6.63. The summed E-state index contributed by atoms with van der Waals surface area (Å²) in [5, 5.41) is 19.0. The Hall–Kier alpha value is -2.94. The maximum absolute atomic E-state index is 11.6. The minimum atomic E-state index is -0.482. The standard InChI is InChI=1S/C14H14N4O4S/c19-13(15-8-12-2-1-7-22-12)9-16-14(23)17-10-3-5-11(6-4-10)18(20)21/h1-7H,8-9H2,(H,15,19)(H2,16,17,23). The number of carbonyl (C=O) groups is 1. The molecular weight excluding hydrogens is 320 g/mol.